The van der Waals surface area contributed by atoms with Gasteiger partial charge in [-0.15, -0.1) is 0 Å². The second-order valence-corrected chi connectivity index (χ2v) is 2.02. The maximum Gasteiger partial charge on any atom is 0.0986 e. The van der Waals surface area contributed by atoms with Gasteiger partial charge in [0.25, 0.3) is 0 Å². The van der Waals surface area contributed by atoms with Crippen molar-refractivity contribution in [1.82, 2.24) is 9.97 Å². The van der Waals surface area contributed by atoms with Crippen LogP contribution in [0.4, 0.5) is 0 Å². The molecule has 0 aliphatic heterocycles. The van der Waals surface area contributed by atoms with Gasteiger partial charge in [-0.2, -0.15) is 0 Å². The fourth-order valence-corrected chi connectivity index (χ4v) is 0.868. The molecule has 0 bridgehead atoms. The molecule has 2 heterocycles. The molecule has 2 nitrogen and oxygen atoms in total. The summed E-state index contributed by atoms with van der Waals surface area (Å²) in [6.07, 6.45) is 8.08. The van der Waals surface area contributed by atoms with Crippen LogP contribution in [-0.2, 0) is 0 Å². The highest BCUT2D eigenvalue weighted by Gasteiger charge is 1.87. The van der Waals surface area contributed by atoms with Gasteiger partial charge in [0.05, 0.1) is 6.20 Å². The van der Waals surface area contributed by atoms with Crippen LogP contribution in [0.3, 0.4) is 0 Å². The van der Waals surface area contributed by atoms with E-state index < -0.39 is 0 Å². The summed E-state index contributed by atoms with van der Waals surface area (Å²) in [5, 5.41) is 2.09. The number of fused-ring (bicyclic) bond motifs is 1. The summed E-state index contributed by atoms with van der Waals surface area (Å²) in [5.74, 6) is 0. The lowest BCUT2D eigenvalue weighted by molar-refractivity contribution is 1.31. The molecule has 0 unspecified atom stereocenters. The van der Waals surface area contributed by atoms with Crippen molar-refractivity contribution in [1.29, 1.82) is 0 Å². The Morgan fingerprint density at radius 1 is 1.20 bits per heavy atom. The van der Waals surface area contributed by atoms with E-state index in [4.69, 9.17) is 0 Å². The van der Waals surface area contributed by atoms with Gasteiger partial charge in [-0.25, -0.2) is 0 Å². The van der Waals surface area contributed by atoms with E-state index in [-0.39, 0.29) is 0 Å². The number of nitrogens with zero attached hydrogens (tertiary/aromatic N) is 2. The Bertz CT molecular complexity index is 278. The van der Waals surface area contributed by atoms with Gasteiger partial charge in [-0.3, -0.25) is 9.97 Å². The van der Waals surface area contributed by atoms with E-state index in [0.29, 0.717) is 0 Å². The number of rotatable bonds is 0. The number of hydrogen-bond acceptors (Lipinski definition) is 2. The van der Waals surface area contributed by atoms with Crippen LogP contribution < -0.4 is 0 Å². The van der Waals surface area contributed by atoms with E-state index >= 15 is 0 Å². The predicted molar refractivity (Wildman–Crippen MR) is 38.4 cm³/mol. The molecule has 0 saturated carbocycles. The van der Waals surface area contributed by atoms with Gasteiger partial charge in [-0.05, 0) is 17.5 Å². The lowest BCUT2D eigenvalue weighted by Gasteiger charge is -1.90. The van der Waals surface area contributed by atoms with Crippen LogP contribution in [0.1, 0.15) is 0 Å². The van der Waals surface area contributed by atoms with Crippen LogP contribution in [0, 0.1) is 6.20 Å². The summed E-state index contributed by atoms with van der Waals surface area (Å²) >= 11 is 0. The Balaban J connectivity index is 2.89. The zero-order valence-electron chi connectivity index (χ0n) is 5.28. The Morgan fingerprint density at radius 2 is 2.10 bits per heavy atom. The second-order valence-electron chi connectivity index (χ2n) is 2.02. The highest BCUT2D eigenvalue weighted by atomic mass is 14.6. The van der Waals surface area contributed by atoms with Crippen LogP contribution in [0.25, 0.3) is 10.8 Å². The summed E-state index contributed by atoms with van der Waals surface area (Å²) in [4.78, 5) is 7.79. The van der Waals surface area contributed by atoms with E-state index in [9.17, 15) is 0 Å². The molecule has 0 amide bonds. The van der Waals surface area contributed by atoms with Crippen LogP contribution in [0.5, 0.6) is 0 Å². The first kappa shape index (κ1) is 5.35. The molecule has 1 radical (unpaired) electrons. The van der Waals surface area contributed by atoms with Crippen LogP contribution in [-0.4, -0.2) is 9.97 Å². The second kappa shape index (κ2) is 2.06. The van der Waals surface area contributed by atoms with Crippen molar-refractivity contribution in [3.63, 3.8) is 0 Å². The van der Waals surface area contributed by atoms with E-state index in [1.54, 1.807) is 18.6 Å². The summed E-state index contributed by atoms with van der Waals surface area (Å²) in [6.45, 7) is 0. The monoisotopic (exact) mass is 129 g/mol. The summed E-state index contributed by atoms with van der Waals surface area (Å²) in [6, 6.07) is 3.88. The average molecular weight is 129 g/mol. The molecular weight excluding hydrogens is 124 g/mol. The highest BCUT2D eigenvalue weighted by Crippen LogP contribution is 2.06. The molecule has 0 spiro atoms. The Kier molecular flexibility index (Phi) is 1.10. The third-order valence-electron chi connectivity index (χ3n) is 1.37. The molecule has 2 rings (SSSR count). The summed E-state index contributed by atoms with van der Waals surface area (Å²) in [5.41, 5.74) is 0. The van der Waals surface area contributed by atoms with Crippen molar-refractivity contribution in [2.24, 2.45) is 0 Å². The lowest BCUT2D eigenvalue weighted by Crippen LogP contribution is -1.75. The molecule has 0 aromatic carbocycles. The smallest absolute Gasteiger partial charge is 0.0986 e. The fraction of sp³-hybridized carbons (Fsp3) is 0. The quantitative estimate of drug-likeness (QED) is 0.537. The maximum absolute atomic E-state index is 3.94. The molecule has 0 saturated heterocycles. The molecule has 0 N–H and O–H groups in total. The Morgan fingerprint density at radius 3 is 3.00 bits per heavy atom. The first-order chi connectivity index (χ1) is 4.97. The first-order valence-corrected chi connectivity index (χ1v) is 3.03. The van der Waals surface area contributed by atoms with Gasteiger partial charge in [0.15, 0.2) is 0 Å². The number of hydrogen-bond donors (Lipinski definition) is 0. The minimum Gasteiger partial charge on any atom is -0.264 e. The molecule has 0 atom stereocenters. The topological polar surface area (TPSA) is 25.8 Å². The van der Waals surface area contributed by atoms with E-state index in [1.807, 2.05) is 12.1 Å². The molecule has 0 fully saturated rings. The van der Waals surface area contributed by atoms with Crippen molar-refractivity contribution in [3.05, 3.63) is 36.9 Å². The summed E-state index contributed by atoms with van der Waals surface area (Å²) < 4.78 is 0. The fourth-order valence-electron chi connectivity index (χ4n) is 0.868. The summed E-state index contributed by atoms with van der Waals surface area (Å²) in [7, 11) is 0. The first-order valence-electron chi connectivity index (χ1n) is 3.03. The van der Waals surface area contributed by atoms with E-state index in [1.165, 1.54) is 0 Å². The Hall–Kier alpha value is -1.44. The standard InChI is InChI=1S/C8H5N2/c1-3-9-5-8-6-10-4-2-7(1)8/h1-5H. The van der Waals surface area contributed by atoms with Gasteiger partial charge in [0.2, 0.25) is 0 Å². The van der Waals surface area contributed by atoms with Crippen molar-refractivity contribution in [2.75, 3.05) is 0 Å². The normalized spacial score (nSPS) is 10.0. The van der Waals surface area contributed by atoms with Crippen LogP contribution in [0.2, 0.25) is 0 Å². The van der Waals surface area contributed by atoms with Crippen molar-refractivity contribution in [2.45, 2.75) is 0 Å². The van der Waals surface area contributed by atoms with E-state index in [0.717, 1.165) is 10.8 Å². The lowest BCUT2D eigenvalue weighted by atomic mass is 10.2. The molecule has 2 heteroatoms. The molecule has 47 valence electrons. The molecule has 2 aromatic heterocycles. The SMILES string of the molecule is [c]1nccc2ccncc12. The van der Waals surface area contributed by atoms with Gasteiger partial charge < -0.3 is 0 Å². The third kappa shape index (κ3) is 0.739. The largest absolute Gasteiger partial charge is 0.264 e. The van der Waals surface area contributed by atoms with Gasteiger partial charge >= 0.3 is 0 Å². The van der Waals surface area contributed by atoms with Crippen molar-refractivity contribution < 1.29 is 0 Å². The molecule has 0 aliphatic rings. The minimum atomic E-state index is 0.963. The maximum atomic E-state index is 3.94. The van der Waals surface area contributed by atoms with Crippen molar-refractivity contribution in [3.8, 4) is 0 Å². The van der Waals surface area contributed by atoms with Gasteiger partial charge in [0, 0.05) is 24.0 Å². The molecular formula is C8H5N2. The highest BCUT2D eigenvalue weighted by molar-refractivity contribution is 5.79. The van der Waals surface area contributed by atoms with Crippen LogP contribution >= 0.6 is 0 Å². The Labute approximate surface area is 58.6 Å². The minimum absolute atomic E-state index is 0.963. The van der Waals surface area contributed by atoms with Crippen LogP contribution in [0.15, 0.2) is 30.7 Å². The number of pyridine rings is 2. The third-order valence-corrected chi connectivity index (χ3v) is 1.37. The zero-order valence-corrected chi connectivity index (χ0v) is 5.28. The molecule has 2 aromatic rings. The van der Waals surface area contributed by atoms with E-state index in [2.05, 4.69) is 16.2 Å². The zero-order chi connectivity index (χ0) is 6.81. The van der Waals surface area contributed by atoms with Gasteiger partial charge in [0.1, 0.15) is 0 Å². The number of aromatic nitrogens is 2. The average Bonchev–Trinajstić information content (AvgIpc) is 2.05. The van der Waals surface area contributed by atoms with Crippen molar-refractivity contribution >= 4 is 10.8 Å². The molecule has 0 aliphatic carbocycles. The van der Waals surface area contributed by atoms with Gasteiger partial charge in [-0.1, -0.05) is 0 Å². The molecule has 10 heavy (non-hydrogen) atoms. The predicted octanol–water partition coefficient (Wildman–Crippen LogP) is 1.43.